The van der Waals surface area contributed by atoms with Gasteiger partial charge in [0.05, 0.1) is 25.8 Å². The third-order valence-corrected chi connectivity index (χ3v) is 5.23. The Labute approximate surface area is 176 Å². The summed E-state index contributed by atoms with van der Waals surface area (Å²) in [5.41, 5.74) is 2.01. The SMILES string of the molecule is COc1cc2nc(N(C)C)nc(N[C@H](C)c3cccc4ccccc34)c2cc1OC. The van der Waals surface area contributed by atoms with Crippen LogP contribution in [0.25, 0.3) is 21.7 Å². The number of nitrogens with zero attached hydrogens (tertiary/aromatic N) is 3. The second kappa shape index (κ2) is 8.06. The highest BCUT2D eigenvalue weighted by Crippen LogP contribution is 2.36. The van der Waals surface area contributed by atoms with E-state index in [1.165, 1.54) is 16.3 Å². The van der Waals surface area contributed by atoms with E-state index in [1.54, 1.807) is 14.2 Å². The number of methoxy groups -OCH3 is 2. The molecule has 4 aromatic rings. The number of fused-ring (bicyclic) bond motifs is 2. The Balaban J connectivity index is 1.84. The van der Waals surface area contributed by atoms with E-state index in [0.29, 0.717) is 17.4 Å². The van der Waals surface area contributed by atoms with Gasteiger partial charge >= 0.3 is 0 Å². The van der Waals surface area contributed by atoms with Gasteiger partial charge in [-0.1, -0.05) is 42.5 Å². The Morgan fingerprint density at radius 3 is 2.30 bits per heavy atom. The van der Waals surface area contributed by atoms with Crippen molar-refractivity contribution in [1.29, 1.82) is 0 Å². The lowest BCUT2D eigenvalue weighted by Crippen LogP contribution is -2.15. The van der Waals surface area contributed by atoms with Crippen LogP contribution in [0.1, 0.15) is 18.5 Å². The Morgan fingerprint density at radius 1 is 0.867 bits per heavy atom. The summed E-state index contributed by atoms with van der Waals surface area (Å²) < 4.78 is 11.0. The molecule has 0 spiro atoms. The highest BCUT2D eigenvalue weighted by Gasteiger charge is 2.17. The summed E-state index contributed by atoms with van der Waals surface area (Å²) in [5, 5.41) is 6.93. The molecule has 0 aliphatic carbocycles. The molecule has 4 rings (SSSR count). The van der Waals surface area contributed by atoms with Crippen LogP contribution in [-0.4, -0.2) is 38.3 Å². The quantitative estimate of drug-likeness (QED) is 0.488. The van der Waals surface area contributed by atoms with E-state index in [-0.39, 0.29) is 6.04 Å². The highest BCUT2D eigenvalue weighted by atomic mass is 16.5. The van der Waals surface area contributed by atoms with Gasteiger partial charge in [-0.3, -0.25) is 0 Å². The molecule has 1 N–H and O–H groups in total. The van der Waals surface area contributed by atoms with Crippen LogP contribution in [0.15, 0.2) is 54.6 Å². The summed E-state index contributed by atoms with van der Waals surface area (Å²) in [6.45, 7) is 2.14. The number of ether oxygens (including phenoxy) is 2. The van der Waals surface area contributed by atoms with Crippen LogP contribution in [0.4, 0.5) is 11.8 Å². The Morgan fingerprint density at radius 2 is 1.57 bits per heavy atom. The van der Waals surface area contributed by atoms with Crippen LogP contribution >= 0.6 is 0 Å². The molecule has 0 saturated heterocycles. The minimum absolute atomic E-state index is 0.0392. The molecule has 6 heteroatoms. The number of benzene rings is 3. The molecule has 1 atom stereocenters. The molecule has 0 bridgehead atoms. The van der Waals surface area contributed by atoms with Gasteiger partial charge in [0.15, 0.2) is 11.5 Å². The van der Waals surface area contributed by atoms with Gasteiger partial charge in [-0.25, -0.2) is 4.98 Å². The molecule has 1 heterocycles. The standard InChI is InChI=1S/C24H26N4O2/c1-15(17-12-8-10-16-9-6-7-11-18(16)17)25-23-19-13-21(29-4)22(30-5)14-20(19)26-24(27-23)28(2)3/h6-15H,1-5H3,(H,25,26,27)/t15-/m1/s1. The first-order valence-electron chi connectivity index (χ1n) is 9.87. The van der Waals surface area contributed by atoms with Gasteiger partial charge in [-0.15, -0.1) is 0 Å². The largest absolute Gasteiger partial charge is 0.493 e. The van der Waals surface area contributed by atoms with Gasteiger partial charge in [0.2, 0.25) is 5.95 Å². The van der Waals surface area contributed by atoms with Crippen molar-refractivity contribution in [3.05, 3.63) is 60.2 Å². The van der Waals surface area contributed by atoms with Gasteiger partial charge in [0, 0.05) is 25.5 Å². The molecule has 0 aliphatic rings. The van der Waals surface area contributed by atoms with E-state index >= 15 is 0 Å². The van der Waals surface area contributed by atoms with Crippen molar-refractivity contribution in [3.8, 4) is 11.5 Å². The van der Waals surface area contributed by atoms with E-state index in [0.717, 1.165) is 16.7 Å². The first-order chi connectivity index (χ1) is 14.5. The first kappa shape index (κ1) is 19.8. The molecule has 0 amide bonds. The van der Waals surface area contributed by atoms with Crippen molar-refractivity contribution < 1.29 is 9.47 Å². The van der Waals surface area contributed by atoms with Crippen LogP contribution in [0.5, 0.6) is 11.5 Å². The lowest BCUT2D eigenvalue weighted by atomic mass is 9.99. The monoisotopic (exact) mass is 402 g/mol. The summed E-state index contributed by atoms with van der Waals surface area (Å²) in [6, 6.07) is 18.6. The molecule has 6 nitrogen and oxygen atoms in total. The molecule has 1 aromatic heterocycles. The lowest BCUT2D eigenvalue weighted by molar-refractivity contribution is 0.356. The van der Waals surface area contributed by atoms with E-state index in [4.69, 9.17) is 14.5 Å². The number of hydrogen-bond donors (Lipinski definition) is 1. The van der Waals surface area contributed by atoms with Crippen molar-refractivity contribution in [1.82, 2.24) is 9.97 Å². The molecule has 0 unspecified atom stereocenters. The van der Waals surface area contributed by atoms with E-state index < -0.39 is 0 Å². The summed E-state index contributed by atoms with van der Waals surface area (Å²) in [7, 11) is 7.11. The van der Waals surface area contributed by atoms with Crippen molar-refractivity contribution in [3.63, 3.8) is 0 Å². The number of hydrogen-bond acceptors (Lipinski definition) is 6. The zero-order chi connectivity index (χ0) is 21.3. The predicted octanol–water partition coefficient (Wildman–Crippen LogP) is 5.04. The van der Waals surface area contributed by atoms with Crippen LogP contribution in [0.2, 0.25) is 0 Å². The Bertz CT molecular complexity index is 1200. The van der Waals surface area contributed by atoms with Gasteiger partial charge in [-0.2, -0.15) is 4.98 Å². The van der Waals surface area contributed by atoms with Crippen molar-refractivity contribution in [2.24, 2.45) is 0 Å². The molecular formula is C24H26N4O2. The topological polar surface area (TPSA) is 59.5 Å². The van der Waals surface area contributed by atoms with E-state index in [1.807, 2.05) is 31.1 Å². The summed E-state index contributed by atoms with van der Waals surface area (Å²) in [6.07, 6.45) is 0. The Kier molecular flexibility index (Phi) is 5.31. The third-order valence-electron chi connectivity index (χ3n) is 5.23. The Hall–Kier alpha value is -3.54. The van der Waals surface area contributed by atoms with Crippen LogP contribution < -0.4 is 19.7 Å². The molecule has 30 heavy (non-hydrogen) atoms. The minimum atomic E-state index is 0.0392. The first-order valence-corrected chi connectivity index (χ1v) is 9.87. The number of anilines is 2. The van der Waals surface area contributed by atoms with E-state index in [9.17, 15) is 0 Å². The summed E-state index contributed by atoms with van der Waals surface area (Å²) >= 11 is 0. The fourth-order valence-electron chi connectivity index (χ4n) is 3.66. The molecule has 0 aliphatic heterocycles. The maximum absolute atomic E-state index is 5.51. The van der Waals surface area contributed by atoms with Crippen molar-refractivity contribution >= 4 is 33.4 Å². The lowest BCUT2D eigenvalue weighted by Gasteiger charge is -2.21. The summed E-state index contributed by atoms with van der Waals surface area (Å²) in [4.78, 5) is 11.4. The second-order valence-electron chi connectivity index (χ2n) is 7.43. The minimum Gasteiger partial charge on any atom is -0.493 e. The molecule has 3 aromatic carbocycles. The molecular weight excluding hydrogens is 376 g/mol. The fourth-order valence-corrected chi connectivity index (χ4v) is 3.66. The molecule has 0 fully saturated rings. The fraction of sp³-hybridized carbons (Fsp3) is 0.250. The number of nitrogens with one attached hydrogen (secondary N) is 1. The summed E-state index contributed by atoms with van der Waals surface area (Å²) in [5.74, 6) is 2.67. The third kappa shape index (κ3) is 3.56. The van der Waals surface area contributed by atoms with Crippen LogP contribution in [-0.2, 0) is 0 Å². The molecule has 0 saturated carbocycles. The smallest absolute Gasteiger partial charge is 0.227 e. The average molecular weight is 402 g/mol. The maximum atomic E-state index is 5.51. The number of aromatic nitrogens is 2. The van der Waals surface area contributed by atoms with Crippen molar-refractivity contribution in [2.75, 3.05) is 38.5 Å². The van der Waals surface area contributed by atoms with Gasteiger partial charge in [-0.05, 0) is 29.3 Å². The number of rotatable bonds is 6. The van der Waals surface area contributed by atoms with Crippen LogP contribution in [0.3, 0.4) is 0 Å². The van der Waals surface area contributed by atoms with Crippen molar-refractivity contribution in [2.45, 2.75) is 13.0 Å². The van der Waals surface area contributed by atoms with E-state index in [2.05, 4.69) is 59.7 Å². The zero-order valence-electron chi connectivity index (χ0n) is 17.9. The molecule has 154 valence electrons. The molecule has 0 radical (unpaired) electrons. The van der Waals surface area contributed by atoms with Gasteiger partial charge < -0.3 is 19.7 Å². The van der Waals surface area contributed by atoms with Gasteiger partial charge in [0.1, 0.15) is 5.82 Å². The second-order valence-corrected chi connectivity index (χ2v) is 7.43. The zero-order valence-corrected chi connectivity index (χ0v) is 17.9. The predicted molar refractivity (Wildman–Crippen MR) is 123 cm³/mol. The maximum Gasteiger partial charge on any atom is 0.227 e. The highest BCUT2D eigenvalue weighted by molar-refractivity contribution is 5.93. The van der Waals surface area contributed by atoms with Gasteiger partial charge in [0.25, 0.3) is 0 Å². The normalized spacial score (nSPS) is 12.0. The van der Waals surface area contributed by atoms with Crippen LogP contribution in [0, 0.1) is 0 Å². The average Bonchev–Trinajstić information content (AvgIpc) is 2.77.